The molecular formula is C22H26N4O3S. The van der Waals surface area contributed by atoms with Crippen molar-refractivity contribution in [3.63, 3.8) is 0 Å². The molecule has 8 heteroatoms. The lowest BCUT2D eigenvalue weighted by atomic mass is 10.2. The van der Waals surface area contributed by atoms with Gasteiger partial charge in [-0.25, -0.2) is 0 Å². The highest BCUT2D eigenvalue weighted by Crippen LogP contribution is 2.30. The normalized spacial score (nSPS) is 10.4. The summed E-state index contributed by atoms with van der Waals surface area (Å²) in [6.07, 6.45) is 0. The van der Waals surface area contributed by atoms with Gasteiger partial charge in [0.25, 0.3) is 0 Å². The number of benzene rings is 2. The molecule has 0 aliphatic carbocycles. The Morgan fingerprint density at radius 1 is 0.967 bits per heavy atom. The Labute approximate surface area is 182 Å². The average molecular weight is 427 g/mol. The molecule has 0 atom stereocenters. The van der Waals surface area contributed by atoms with Crippen LogP contribution in [0.3, 0.4) is 0 Å². The van der Waals surface area contributed by atoms with Gasteiger partial charge in [0.2, 0.25) is 0 Å². The summed E-state index contributed by atoms with van der Waals surface area (Å²) in [6, 6.07) is 13.5. The zero-order valence-electron chi connectivity index (χ0n) is 17.8. The Morgan fingerprint density at radius 2 is 1.73 bits per heavy atom. The number of hydrogen-bond acceptors (Lipinski definition) is 5. The second-order valence-corrected chi connectivity index (χ2v) is 7.11. The minimum Gasteiger partial charge on any atom is -0.497 e. The molecule has 0 aliphatic rings. The molecule has 0 aliphatic heterocycles. The van der Waals surface area contributed by atoms with Crippen LogP contribution in [0.15, 0.2) is 42.5 Å². The molecule has 7 nitrogen and oxygen atoms in total. The van der Waals surface area contributed by atoms with Crippen molar-refractivity contribution in [2.24, 2.45) is 0 Å². The van der Waals surface area contributed by atoms with E-state index in [4.69, 9.17) is 26.4 Å². The molecule has 0 bridgehead atoms. The molecule has 158 valence electrons. The maximum absolute atomic E-state index is 5.50. The van der Waals surface area contributed by atoms with Crippen LogP contribution >= 0.6 is 12.2 Å². The van der Waals surface area contributed by atoms with Gasteiger partial charge in [0.15, 0.2) is 16.6 Å². The quantitative estimate of drug-likeness (QED) is 0.543. The maximum Gasteiger partial charge on any atom is 0.175 e. The highest BCUT2D eigenvalue weighted by atomic mass is 32.1. The second-order valence-electron chi connectivity index (χ2n) is 6.70. The number of rotatable bonds is 7. The van der Waals surface area contributed by atoms with Crippen LogP contribution in [-0.4, -0.2) is 36.2 Å². The van der Waals surface area contributed by atoms with Crippen molar-refractivity contribution >= 4 is 28.7 Å². The van der Waals surface area contributed by atoms with Crippen LogP contribution in [0.25, 0.3) is 0 Å². The van der Waals surface area contributed by atoms with Crippen molar-refractivity contribution in [2.75, 3.05) is 32.0 Å². The molecule has 30 heavy (non-hydrogen) atoms. The molecule has 0 saturated heterocycles. The monoisotopic (exact) mass is 426 g/mol. The van der Waals surface area contributed by atoms with E-state index >= 15 is 0 Å². The van der Waals surface area contributed by atoms with Gasteiger partial charge in [-0.3, -0.25) is 4.68 Å². The molecule has 0 radical (unpaired) electrons. The first-order chi connectivity index (χ1) is 14.4. The van der Waals surface area contributed by atoms with Gasteiger partial charge in [-0.2, -0.15) is 5.10 Å². The third kappa shape index (κ3) is 4.83. The van der Waals surface area contributed by atoms with E-state index in [9.17, 15) is 0 Å². The van der Waals surface area contributed by atoms with Crippen molar-refractivity contribution in [2.45, 2.75) is 20.4 Å². The van der Waals surface area contributed by atoms with Crippen molar-refractivity contribution in [1.82, 2.24) is 9.78 Å². The molecule has 3 rings (SSSR count). The Kier molecular flexibility index (Phi) is 6.79. The zero-order chi connectivity index (χ0) is 21.7. The summed E-state index contributed by atoms with van der Waals surface area (Å²) in [5, 5.41) is 11.6. The Morgan fingerprint density at radius 3 is 2.43 bits per heavy atom. The van der Waals surface area contributed by atoms with E-state index in [2.05, 4.69) is 21.8 Å². The predicted octanol–water partition coefficient (Wildman–Crippen LogP) is 4.38. The third-order valence-corrected chi connectivity index (χ3v) is 4.93. The summed E-state index contributed by atoms with van der Waals surface area (Å²) < 4.78 is 17.9. The molecule has 3 aromatic rings. The van der Waals surface area contributed by atoms with Gasteiger partial charge >= 0.3 is 0 Å². The first kappa shape index (κ1) is 21.4. The van der Waals surface area contributed by atoms with Gasteiger partial charge in [-0.1, -0.05) is 12.1 Å². The fourth-order valence-electron chi connectivity index (χ4n) is 3.17. The van der Waals surface area contributed by atoms with Gasteiger partial charge in [0.1, 0.15) is 5.75 Å². The minimum absolute atomic E-state index is 0.467. The average Bonchev–Trinajstić information content (AvgIpc) is 3.01. The predicted molar refractivity (Wildman–Crippen MR) is 123 cm³/mol. The molecule has 2 aromatic carbocycles. The van der Waals surface area contributed by atoms with E-state index in [0.29, 0.717) is 23.2 Å². The van der Waals surface area contributed by atoms with Crippen LogP contribution in [0.5, 0.6) is 17.2 Å². The van der Waals surface area contributed by atoms with Crippen LogP contribution in [-0.2, 0) is 6.54 Å². The largest absolute Gasteiger partial charge is 0.497 e. The smallest absolute Gasteiger partial charge is 0.175 e. The van der Waals surface area contributed by atoms with E-state index in [1.54, 1.807) is 21.3 Å². The number of aryl methyl sites for hydroxylation is 1. The number of ether oxygens (including phenoxy) is 3. The van der Waals surface area contributed by atoms with Crippen molar-refractivity contribution in [3.8, 4) is 17.2 Å². The number of nitrogens with one attached hydrogen (secondary N) is 2. The summed E-state index contributed by atoms with van der Waals surface area (Å²) in [4.78, 5) is 0. The van der Waals surface area contributed by atoms with Gasteiger partial charge in [0.05, 0.1) is 44.9 Å². The first-order valence-electron chi connectivity index (χ1n) is 9.42. The molecule has 2 N–H and O–H groups in total. The van der Waals surface area contributed by atoms with Gasteiger partial charge < -0.3 is 24.8 Å². The molecular weight excluding hydrogens is 400 g/mol. The summed E-state index contributed by atoms with van der Waals surface area (Å²) in [5.41, 5.74) is 4.65. The molecule has 0 fully saturated rings. The fourth-order valence-corrected chi connectivity index (χ4v) is 3.39. The summed E-state index contributed by atoms with van der Waals surface area (Å²) in [5.74, 6) is 2.11. The Bertz CT molecular complexity index is 1050. The van der Waals surface area contributed by atoms with Crippen LogP contribution in [0, 0.1) is 13.8 Å². The van der Waals surface area contributed by atoms with Crippen molar-refractivity contribution in [1.29, 1.82) is 0 Å². The minimum atomic E-state index is 0.467. The maximum atomic E-state index is 5.50. The van der Waals surface area contributed by atoms with Crippen LogP contribution in [0.2, 0.25) is 0 Å². The van der Waals surface area contributed by atoms with Crippen molar-refractivity contribution < 1.29 is 14.2 Å². The summed E-state index contributed by atoms with van der Waals surface area (Å²) >= 11 is 5.50. The number of methoxy groups -OCH3 is 3. The van der Waals surface area contributed by atoms with E-state index in [1.165, 1.54) is 0 Å². The van der Waals surface area contributed by atoms with E-state index < -0.39 is 0 Å². The topological polar surface area (TPSA) is 69.6 Å². The number of nitrogens with zero attached hydrogens (tertiary/aromatic N) is 2. The van der Waals surface area contributed by atoms with Crippen LogP contribution < -0.4 is 24.8 Å². The van der Waals surface area contributed by atoms with E-state index in [-0.39, 0.29) is 0 Å². The second kappa shape index (κ2) is 9.49. The third-order valence-electron chi connectivity index (χ3n) is 4.73. The van der Waals surface area contributed by atoms with Gasteiger partial charge in [-0.15, -0.1) is 0 Å². The molecule has 0 saturated carbocycles. The van der Waals surface area contributed by atoms with Crippen LogP contribution in [0.1, 0.15) is 17.0 Å². The lowest BCUT2D eigenvalue weighted by molar-refractivity contribution is 0.355. The van der Waals surface area contributed by atoms with Gasteiger partial charge in [-0.05, 0) is 55.9 Å². The summed E-state index contributed by atoms with van der Waals surface area (Å²) in [6.45, 7) is 4.61. The van der Waals surface area contributed by atoms with E-state index in [0.717, 1.165) is 34.1 Å². The number of anilines is 2. The SMILES string of the molecule is COc1cccc(Cn2nc(C)c(NC(=S)Nc3ccc(OC)c(OC)c3)c2C)c1. The highest BCUT2D eigenvalue weighted by molar-refractivity contribution is 7.80. The summed E-state index contributed by atoms with van der Waals surface area (Å²) in [7, 11) is 4.87. The standard InChI is InChI=1S/C22H26N4O3S/c1-14-21(15(2)26(25-14)13-16-7-6-8-18(11-16)27-3)24-22(30)23-17-9-10-19(28-4)20(12-17)29-5/h6-12H,13H2,1-5H3,(H2,23,24,30). The molecule has 1 aromatic heterocycles. The fraction of sp³-hybridized carbons (Fsp3) is 0.273. The Hall–Kier alpha value is -3.26. The lowest BCUT2D eigenvalue weighted by Gasteiger charge is -2.13. The first-order valence-corrected chi connectivity index (χ1v) is 9.83. The molecule has 0 spiro atoms. The van der Waals surface area contributed by atoms with E-state index in [1.807, 2.05) is 54.9 Å². The van der Waals surface area contributed by atoms with Crippen molar-refractivity contribution in [3.05, 3.63) is 59.4 Å². The highest BCUT2D eigenvalue weighted by Gasteiger charge is 2.14. The molecule has 0 unspecified atom stereocenters. The molecule has 1 heterocycles. The molecule has 0 amide bonds. The van der Waals surface area contributed by atoms with Crippen LogP contribution in [0.4, 0.5) is 11.4 Å². The zero-order valence-corrected chi connectivity index (χ0v) is 18.6. The van der Waals surface area contributed by atoms with Gasteiger partial charge in [0, 0.05) is 11.8 Å². The number of aromatic nitrogens is 2. The lowest BCUT2D eigenvalue weighted by Crippen LogP contribution is -2.20. The Balaban J connectivity index is 1.73. The number of hydrogen-bond donors (Lipinski definition) is 2. The number of thiocarbonyl (C=S) groups is 1.